The minimum absolute atomic E-state index is 0.230. The zero-order valence-electron chi connectivity index (χ0n) is 16.0. The molecule has 0 atom stereocenters. The number of nitrogens with zero attached hydrogens (tertiary/aromatic N) is 2. The fourth-order valence-electron chi connectivity index (χ4n) is 3.64. The Bertz CT molecular complexity index is 1100. The molecular formula is C20H24N4O3S. The number of aromatic nitrogens is 1. The molecular weight excluding hydrogens is 376 g/mol. The van der Waals surface area contributed by atoms with Crippen LogP contribution in [-0.2, 0) is 17.1 Å². The maximum atomic E-state index is 13.0. The highest BCUT2D eigenvalue weighted by Crippen LogP contribution is 2.33. The summed E-state index contributed by atoms with van der Waals surface area (Å²) in [5, 5.41) is 4.44. The third-order valence-electron chi connectivity index (χ3n) is 5.07. The summed E-state index contributed by atoms with van der Waals surface area (Å²) in [4.78, 5) is 2.20. The molecule has 0 aliphatic carbocycles. The van der Waals surface area contributed by atoms with Crippen LogP contribution >= 0.6 is 0 Å². The molecule has 0 amide bonds. The molecule has 2 aromatic carbocycles. The molecule has 0 bridgehead atoms. The SMILES string of the molecule is COc1ccc(NS(=O)(=O)c2cc3ccccc3n2C)cc1N1CCNCC1. The van der Waals surface area contributed by atoms with Crippen molar-refractivity contribution in [2.24, 2.45) is 7.05 Å². The second kappa shape index (κ2) is 7.37. The number of aryl methyl sites for hydroxylation is 1. The lowest BCUT2D eigenvalue weighted by Crippen LogP contribution is -2.43. The van der Waals surface area contributed by atoms with Crippen molar-refractivity contribution in [3.63, 3.8) is 0 Å². The van der Waals surface area contributed by atoms with E-state index >= 15 is 0 Å². The molecule has 7 nitrogen and oxygen atoms in total. The number of hydrogen-bond donors (Lipinski definition) is 2. The average Bonchev–Trinajstić information content (AvgIpc) is 3.06. The van der Waals surface area contributed by atoms with Gasteiger partial charge in [0.1, 0.15) is 5.75 Å². The van der Waals surface area contributed by atoms with E-state index in [0.717, 1.165) is 48.5 Å². The predicted octanol–water partition coefficient (Wildman–Crippen LogP) is 2.40. The highest BCUT2D eigenvalue weighted by Gasteiger charge is 2.22. The molecule has 1 saturated heterocycles. The largest absolute Gasteiger partial charge is 0.495 e. The number of rotatable bonds is 5. The van der Waals surface area contributed by atoms with Gasteiger partial charge >= 0.3 is 0 Å². The van der Waals surface area contributed by atoms with Gasteiger partial charge in [-0.1, -0.05) is 18.2 Å². The van der Waals surface area contributed by atoms with Gasteiger partial charge < -0.3 is 19.5 Å². The van der Waals surface area contributed by atoms with Crippen molar-refractivity contribution in [1.29, 1.82) is 0 Å². The third-order valence-corrected chi connectivity index (χ3v) is 6.52. The van der Waals surface area contributed by atoms with Crippen LogP contribution in [0.15, 0.2) is 53.6 Å². The first-order valence-electron chi connectivity index (χ1n) is 9.20. The van der Waals surface area contributed by atoms with Gasteiger partial charge in [-0.25, -0.2) is 0 Å². The van der Waals surface area contributed by atoms with Gasteiger partial charge in [0.25, 0.3) is 10.0 Å². The van der Waals surface area contributed by atoms with Crippen molar-refractivity contribution in [3.8, 4) is 5.75 Å². The summed E-state index contributed by atoms with van der Waals surface area (Å²) in [7, 11) is -0.345. The number of benzene rings is 2. The van der Waals surface area contributed by atoms with E-state index in [-0.39, 0.29) is 5.03 Å². The van der Waals surface area contributed by atoms with Crippen LogP contribution in [0.5, 0.6) is 5.75 Å². The molecule has 1 aliphatic heterocycles. The Morgan fingerprint density at radius 1 is 1.07 bits per heavy atom. The summed E-state index contributed by atoms with van der Waals surface area (Å²) in [5.41, 5.74) is 2.28. The van der Waals surface area contributed by atoms with Gasteiger partial charge in [-0.15, -0.1) is 0 Å². The lowest BCUT2D eigenvalue weighted by Gasteiger charge is -2.31. The Kier molecular flexibility index (Phi) is 4.91. The minimum Gasteiger partial charge on any atom is -0.495 e. The zero-order valence-corrected chi connectivity index (χ0v) is 16.8. The fourth-order valence-corrected chi connectivity index (χ4v) is 4.92. The fraction of sp³-hybridized carbons (Fsp3) is 0.300. The molecule has 148 valence electrons. The van der Waals surface area contributed by atoms with Gasteiger partial charge in [-0.3, -0.25) is 4.72 Å². The van der Waals surface area contributed by atoms with E-state index < -0.39 is 10.0 Å². The van der Waals surface area contributed by atoms with Crippen LogP contribution in [0.2, 0.25) is 0 Å². The number of anilines is 2. The van der Waals surface area contributed by atoms with Gasteiger partial charge in [-0.2, -0.15) is 8.42 Å². The molecule has 8 heteroatoms. The molecule has 1 aromatic heterocycles. The van der Waals surface area contributed by atoms with Crippen LogP contribution in [0, 0.1) is 0 Å². The third kappa shape index (κ3) is 3.41. The van der Waals surface area contributed by atoms with E-state index in [4.69, 9.17) is 4.74 Å². The summed E-state index contributed by atoms with van der Waals surface area (Å²) in [6.45, 7) is 3.45. The number of para-hydroxylation sites is 1. The lowest BCUT2D eigenvalue weighted by atomic mass is 10.2. The Balaban J connectivity index is 1.68. The molecule has 2 N–H and O–H groups in total. The molecule has 1 aliphatic rings. The Morgan fingerprint density at radius 3 is 2.54 bits per heavy atom. The van der Waals surface area contributed by atoms with E-state index in [1.54, 1.807) is 36.9 Å². The van der Waals surface area contributed by atoms with Gasteiger partial charge in [-0.05, 0) is 30.3 Å². The normalized spacial score (nSPS) is 15.0. The Labute approximate surface area is 165 Å². The molecule has 28 heavy (non-hydrogen) atoms. The van der Waals surface area contributed by atoms with Gasteiger partial charge in [0, 0.05) is 44.1 Å². The number of sulfonamides is 1. The van der Waals surface area contributed by atoms with Crippen molar-refractivity contribution >= 4 is 32.3 Å². The summed E-state index contributed by atoms with van der Waals surface area (Å²) in [6.07, 6.45) is 0. The van der Waals surface area contributed by atoms with E-state index in [2.05, 4.69) is 14.9 Å². The van der Waals surface area contributed by atoms with E-state index in [1.807, 2.05) is 30.3 Å². The predicted molar refractivity (Wildman–Crippen MR) is 112 cm³/mol. The van der Waals surface area contributed by atoms with Gasteiger partial charge in [0.15, 0.2) is 5.03 Å². The first kappa shape index (κ1) is 18.6. The molecule has 1 fully saturated rings. The molecule has 0 unspecified atom stereocenters. The van der Waals surface area contributed by atoms with Crippen molar-refractivity contribution in [1.82, 2.24) is 9.88 Å². The minimum atomic E-state index is -3.73. The van der Waals surface area contributed by atoms with Crippen LogP contribution in [-0.4, -0.2) is 46.3 Å². The van der Waals surface area contributed by atoms with Crippen molar-refractivity contribution in [2.75, 3.05) is 42.9 Å². The van der Waals surface area contributed by atoms with Crippen LogP contribution in [0.25, 0.3) is 10.9 Å². The van der Waals surface area contributed by atoms with Crippen LogP contribution in [0.4, 0.5) is 11.4 Å². The average molecular weight is 401 g/mol. The number of piperazine rings is 1. The van der Waals surface area contributed by atoms with Crippen molar-refractivity contribution in [3.05, 3.63) is 48.5 Å². The highest BCUT2D eigenvalue weighted by molar-refractivity contribution is 7.92. The van der Waals surface area contributed by atoms with Crippen LogP contribution < -0.4 is 19.7 Å². The van der Waals surface area contributed by atoms with Crippen LogP contribution in [0.3, 0.4) is 0 Å². The summed E-state index contributed by atoms with van der Waals surface area (Å²) in [6, 6.07) is 14.7. The summed E-state index contributed by atoms with van der Waals surface area (Å²) < 4.78 is 36.0. The molecule has 0 radical (unpaired) electrons. The number of nitrogens with one attached hydrogen (secondary N) is 2. The van der Waals surface area contributed by atoms with Crippen molar-refractivity contribution < 1.29 is 13.2 Å². The first-order valence-corrected chi connectivity index (χ1v) is 10.7. The Morgan fingerprint density at radius 2 is 1.82 bits per heavy atom. The van der Waals surface area contributed by atoms with Gasteiger partial charge in [0.05, 0.1) is 18.5 Å². The maximum absolute atomic E-state index is 13.0. The standard InChI is InChI=1S/C20H24N4O3S/c1-23-17-6-4-3-5-15(17)13-20(23)28(25,26)22-16-7-8-19(27-2)18(14-16)24-11-9-21-10-12-24/h3-8,13-14,21-22H,9-12H2,1-2H3. The molecule has 0 spiro atoms. The van der Waals surface area contributed by atoms with E-state index in [0.29, 0.717) is 5.69 Å². The van der Waals surface area contributed by atoms with E-state index in [1.165, 1.54) is 0 Å². The number of ether oxygens (including phenoxy) is 1. The van der Waals surface area contributed by atoms with Crippen LogP contribution in [0.1, 0.15) is 0 Å². The maximum Gasteiger partial charge on any atom is 0.277 e. The molecule has 2 heterocycles. The van der Waals surface area contributed by atoms with Crippen molar-refractivity contribution in [2.45, 2.75) is 5.03 Å². The summed E-state index contributed by atoms with van der Waals surface area (Å²) in [5.74, 6) is 0.731. The quantitative estimate of drug-likeness (QED) is 0.688. The second-order valence-electron chi connectivity index (χ2n) is 6.83. The molecule has 3 aromatic rings. The lowest BCUT2D eigenvalue weighted by molar-refractivity contribution is 0.413. The zero-order chi connectivity index (χ0) is 19.7. The first-order chi connectivity index (χ1) is 13.5. The van der Waals surface area contributed by atoms with E-state index in [9.17, 15) is 8.42 Å². The number of hydrogen-bond acceptors (Lipinski definition) is 5. The summed E-state index contributed by atoms with van der Waals surface area (Å²) >= 11 is 0. The smallest absolute Gasteiger partial charge is 0.277 e. The second-order valence-corrected chi connectivity index (χ2v) is 8.46. The molecule has 0 saturated carbocycles. The highest BCUT2D eigenvalue weighted by atomic mass is 32.2. The van der Waals surface area contributed by atoms with Gasteiger partial charge in [0.2, 0.25) is 0 Å². The monoisotopic (exact) mass is 400 g/mol. The Hall–Kier alpha value is -2.71. The number of methoxy groups -OCH3 is 1. The molecule has 4 rings (SSSR count). The topological polar surface area (TPSA) is 75.6 Å². The number of fused-ring (bicyclic) bond motifs is 1.